The van der Waals surface area contributed by atoms with Gasteiger partial charge in [0.1, 0.15) is 17.5 Å². The van der Waals surface area contributed by atoms with Crippen molar-refractivity contribution in [1.82, 2.24) is 4.57 Å². The summed E-state index contributed by atoms with van der Waals surface area (Å²) in [5.41, 5.74) is -0.378. The van der Waals surface area contributed by atoms with Crippen LogP contribution in [0.15, 0.2) is 47.3 Å². The van der Waals surface area contributed by atoms with Gasteiger partial charge in [-0.1, -0.05) is 25.5 Å². The minimum atomic E-state index is -0.735. The van der Waals surface area contributed by atoms with Crippen molar-refractivity contribution in [3.63, 3.8) is 0 Å². The third-order valence-corrected chi connectivity index (χ3v) is 3.73. The molecule has 0 unspecified atom stereocenters. The van der Waals surface area contributed by atoms with Crippen LogP contribution in [-0.4, -0.2) is 4.57 Å². The molecule has 0 radical (unpaired) electrons. The zero-order valence-electron chi connectivity index (χ0n) is 12.4. The van der Waals surface area contributed by atoms with E-state index in [1.165, 1.54) is 12.1 Å². The number of benzene rings is 2. The number of hydrogen-bond donors (Lipinski definition) is 0. The molecule has 0 saturated carbocycles. The molecule has 0 aliphatic heterocycles. The number of pyridine rings is 1. The molecule has 2 aromatic carbocycles. The van der Waals surface area contributed by atoms with Crippen LogP contribution < -0.4 is 5.56 Å². The summed E-state index contributed by atoms with van der Waals surface area (Å²) in [6, 6.07) is 8.85. The maximum Gasteiger partial charge on any atom is 0.266 e. The molecule has 0 saturated heterocycles. The third kappa shape index (κ3) is 2.63. The highest BCUT2D eigenvalue weighted by Gasteiger charge is 2.16. The first-order chi connectivity index (χ1) is 11.0. The van der Waals surface area contributed by atoms with E-state index in [0.717, 1.165) is 22.8 Å². The third-order valence-electron chi connectivity index (χ3n) is 3.73. The Kier molecular flexibility index (Phi) is 3.94. The SMILES string of the molecule is CCCc1cc2cccc(F)c2c(=O)n1-c1cc(F)ccc1F. The van der Waals surface area contributed by atoms with Crippen LogP contribution in [0.2, 0.25) is 0 Å². The van der Waals surface area contributed by atoms with E-state index in [1.54, 1.807) is 12.1 Å². The second-order valence-corrected chi connectivity index (χ2v) is 5.33. The van der Waals surface area contributed by atoms with E-state index < -0.39 is 23.0 Å². The summed E-state index contributed by atoms with van der Waals surface area (Å²) >= 11 is 0. The fourth-order valence-corrected chi connectivity index (χ4v) is 2.73. The lowest BCUT2D eigenvalue weighted by Crippen LogP contribution is -2.24. The summed E-state index contributed by atoms with van der Waals surface area (Å²) in [5, 5.41) is 0.322. The van der Waals surface area contributed by atoms with Gasteiger partial charge in [-0.25, -0.2) is 13.2 Å². The van der Waals surface area contributed by atoms with Gasteiger partial charge in [0.25, 0.3) is 5.56 Å². The van der Waals surface area contributed by atoms with E-state index in [-0.39, 0.29) is 11.1 Å². The molecule has 1 heterocycles. The highest BCUT2D eigenvalue weighted by Crippen LogP contribution is 2.21. The van der Waals surface area contributed by atoms with E-state index in [4.69, 9.17) is 0 Å². The smallest absolute Gasteiger partial charge is 0.266 e. The van der Waals surface area contributed by atoms with Gasteiger partial charge in [-0.05, 0) is 36.1 Å². The van der Waals surface area contributed by atoms with Crippen LogP contribution in [0.1, 0.15) is 19.0 Å². The van der Waals surface area contributed by atoms with E-state index in [9.17, 15) is 18.0 Å². The van der Waals surface area contributed by atoms with Crippen molar-refractivity contribution in [2.45, 2.75) is 19.8 Å². The molecule has 2 nitrogen and oxygen atoms in total. The number of hydrogen-bond acceptors (Lipinski definition) is 1. The largest absolute Gasteiger partial charge is 0.278 e. The fourth-order valence-electron chi connectivity index (χ4n) is 2.73. The Bertz CT molecular complexity index is 947. The Balaban J connectivity index is 2.45. The van der Waals surface area contributed by atoms with Crippen LogP contribution >= 0.6 is 0 Å². The van der Waals surface area contributed by atoms with Crippen LogP contribution in [0.5, 0.6) is 0 Å². The first-order valence-electron chi connectivity index (χ1n) is 7.31. The number of fused-ring (bicyclic) bond motifs is 1. The average Bonchev–Trinajstić information content (AvgIpc) is 2.51. The van der Waals surface area contributed by atoms with Gasteiger partial charge in [0.15, 0.2) is 0 Å². The summed E-state index contributed by atoms with van der Waals surface area (Å²) in [5.74, 6) is -2.08. The Morgan fingerprint density at radius 3 is 2.52 bits per heavy atom. The Labute approximate surface area is 130 Å². The molecule has 0 aliphatic rings. The molecule has 0 spiro atoms. The first-order valence-corrected chi connectivity index (χ1v) is 7.31. The average molecular weight is 317 g/mol. The zero-order valence-corrected chi connectivity index (χ0v) is 12.4. The molecule has 3 aromatic rings. The summed E-state index contributed by atoms with van der Waals surface area (Å²) < 4.78 is 42.8. The second kappa shape index (κ2) is 5.91. The van der Waals surface area contributed by atoms with Crippen molar-refractivity contribution >= 4 is 10.8 Å². The molecule has 0 amide bonds. The molecular weight excluding hydrogens is 303 g/mol. The van der Waals surface area contributed by atoms with E-state index in [2.05, 4.69) is 0 Å². The highest BCUT2D eigenvalue weighted by atomic mass is 19.1. The van der Waals surface area contributed by atoms with Crippen LogP contribution in [0, 0.1) is 17.5 Å². The van der Waals surface area contributed by atoms with Crippen LogP contribution in [-0.2, 0) is 6.42 Å². The summed E-state index contributed by atoms with van der Waals surface area (Å²) in [6.45, 7) is 1.91. The minimum absolute atomic E-state index is 0.129. The lowest BCUT2D eigenvalue weighted by atomic mass is 10.1. The molecule has 0 aliphatic carbocycles. The molecule has 0 N–H and O–H groups in total. The predicted molar refractivity (Wildman–Crippen MR) is 83.4 cm³/mol. The van der Waals surface area contributed by atoms with Gasteiger partial charge in [0.05, 0.1) is 11.1 Å². The summed E-state index contributed by atoms with van der Waals surface area (Å²) in [7, 11) is 0. The molecule has 5 heteroatoms. The Hall–Kier alpha value is -2.56. The molecule has 0 bridgehead atoms. The number of aryl methyl sites for hydroxylation is 1. The van der Waals surface area contributed by atoms with Crippen molar-refractivity contribution in [1.29, 1.82) is 0 Å². The molecule has 0 atom stereocenters. The highest BCUT2D eigenvalue weighted by molar-refractivity contribution is 5.83. The Morgan fingerprint density at radius 1 is 1.00 bits per heavy atom. The second-order valence-electron chi connectivity index (χ2n) is 5.33. The monoisotopic (exact) mass is 317 g/mol. The van der Waals surface area contributed by atoms with Gasteiger partial charge in [0.2, 0.25) is 0 Å². The van der Waals surface area contributed by atoms with Crippen LogP contribution in [0.3, 0.4) is 0 Å². The minimum Gasteiger partial charge on any atom is -0.278 e. The zero-order chi connectivity index (χ0) is 16.6. The van der Waals surface area contributed by atoms with Crippen LogP contribution in [0.4, 0.5) is 13.2 Å². The lowest BCUT2D eigenvalue weighted by molar-refractivity contribution is 0.588. The van der Waals surface area contributed by atoms with Gasteiger partial charge in [-0.15, -0.1) is 0 Å². The van der Waals surface area contributed by atoms with Gasteiger partial charge >= 0.3 is 0 Å². The molecule has 3 rings (SSSR count). The van der Waals surface area contributed by atoms with Crippen molar-refractivity contribution in [3.8, 4) is 5.69 Å². The van der Waals surface area contributed by atoms with Crippen LogP contribution in [0.25, 0.3) is 16.5 Å². The molecule has 118 valence electrons. The van der Waals surface area contributed by atoms with E-state index in [1.807, 2.05) is 6.92 Å². The van der Waals surface area contributed by atoms with Crippen molar-refractivity contribution in [3.05, 3.63) is 76.0 Å². The predicted octanol–water partition coefficient (Wildman–Crippen LogP) is 4.36. The lowest BCUT2D eigenvalue weighted by Gasteiger charge is -2.15. The molecular formula is C18H14F3NO. The number of halogens is 3. The maximum absolute atomic E-state index is 14.1. The number of rotatable bonds is 3. The molecule has 23 heavy (non-hydrogen) atoms. The van der Waals surface area contributed by atoms with Crippen molar-refractivity contribution in [2.75, 3.05) is 0 Å². The van der Waals surface area contributed by atoms with Crippen molar-refractivity contribution < 1.29 is 13.2 Å². The fraction of sp³-hybridized carbons (Fsp3) is 0.167. The van der Waals surface area contributed by atoms with Gasteiger partial charge in [-0.2, -0.15) is 0 Å². The van der Waals surface area contributed by atoms with Gasteiger partial charge in [0, 0.05) is 11.8 Å². The van der Waals surface area contributed by atoms with Gasteiger partial charge in [-0.3, -0.25) is 9.36 Å². The molecule has 1 aromatic heterocycles. The maximum atomic E-state index is 14.1. The standard InChI is InChI=1S/C18H14F3NO/c1-2-4-13-9-11-5-3-6-15(21)17(11)18(23)22(13)16-10-12(19)7-8-14(16)20/h3,5-10H,2,4H2,1H3. The topological polar surface area (TPSA) is 22.0 Å². The van der Waals surface area contributed by atoms with E-state index >= 15 is 0 Å². The normalized spacial score (nSPS) is 11.1. The van der Waals surface area contributed by atoms with Gasteiger partial charge < -0.3 is 0 Å². The first kappa shape index (κ1) is 15.3. The van der Waals surface area contributed by atoms with Crippen molar-refractivity contribution in [2.24, 2.45) is 0 Å². The number of nitrogens with zero attached hydrogens (tertiary/aromatic N) is 1. The number of aromatic nitrogens is 1. The Morgan fingerprint density at radius 2 is 1.78 bits per heavy atom. The molecule has 0 fully saturated rings. The summed E-state index contributed by atoms with van der Waals surface area (Å²) in [6.07, 6.45) is 1.19. The van der Waals surface area contributed by atoms with E-state index in [0.29, 0.717) is 23.9 Å². The quantitative estimate of drug-likeness (QED) is 0.703. The summed E-state index contributed by atoms with van der Waals surface area (Å²) in [4.78, 5) is 12.7.